The predicted octanol–water partition coefficient (Wildman–Crippen LogP) is 3.30. The van der Waals surface area contributed by atoms with Crippen molar-refractivity contribution in [1.29, 1.82) is 0 Å². The Morgan fingerprint density at radius 2 is 2.00 bits per heavy atom. The van der Waals surface area contributed by atoms with Gasteiger partial charge in [0, 0.05) is 23.6 Å². The molecule has 0 unspecified atom stereocenters. The molecule has 2 aromatic rings. The van der Waals surface area contributed by atoms with E-state index < -0.39 is 0 Å². The van der Waals surface area contributed by atoms with E-state index >= 15 is 0 Å². The van der Waals surface area contributed by atoms with Crippen LogP contribution in [0.5, 0.6) is 0 Å². The van der Waals surface area contributed by atoms with Crippen LogP contribution in [0.3, 0.4) is 0 Å². The standard InChI is InChI=1S/C15H20Cl2N6.HI/c1-4-18-15(20-9-14-22-21-10(2)23(14)3)19-8-11-5-6-12(16)7-13(11)17;/h5-7H,4,8-9H2,1-3H3,(H2,18,19,20);1H. The van der Waals surface area contributed by atoms with E-state index in [2.05, 4.69) is 25.8 Å². The molecule has 9 heteroatoms. The lowest BCUT2D eigenvalue weighted by Gasteiger charge is -2.11. The second-order valence-corrected chi connectivity index (χ2v) is 5.85. The van der Waals surface area contributed by atoms with Gasteiger partial charge in [-0.3, -0.25) is 0 Å². The third kappa shape index (κ3) is 5.78. The second kappa shape index (κ2) is 10.0. The fourth-order valence-corrected chi connectivity index (χ4v) is 2.39. The molecule has 0 radical (unpaired) electrons. The van der Waals surface area contributed by atoms with E-state index in [1.54, 1.807) is 12.1 Å². The quantitative estimate of drug-likeness (QED) is 0.390. The maximum absolute atomic E-state index is 6.17. The van der Waals surface area contributed by atoms with Crippen LogP contribution in [-0.2, 0) is 20.1 Å². The van der Waals surface area contributed by atoms with E-state index in [1.807, 2.05) is 31.5 Å². The number of aromatic nitrogens is 3. The van der Waals surface area contributed by atoms with Crippen LogP contribution >= 0.6 is 47.2 Å². The Labute approximate surface area is 169 Å². The highest BCUT2D eigenvalue weighted by molar-refractivity contribution is 14.0. The van der Waals surface area contributed by atoms with Crippen LogP contribution in [0.2, 0.25) is 10.0 Å². The third-order valence-corrected chi connectivity index (χ3v) is 3.95. The summed E-state index contributed by atoms with van der Waals surface area (Å²) < 4.78 is 1.94. The van der Waals surface area contributed by atoms with Gasteiger partial charge in [0.05, 0.1) is 13.1 Å². The van der Waals surface area contributed by atoms with Gasteiger partial charge in [0.2, 0.25) is 0 Å². The summed E-state index contributed by atoms with van der Waals surface area (Å²) in [6.07, 6.45) is 0. The van der Waals surface area contributed by atoms with Crippen LogP contribution in [0.25, 0.3) is 0 Å². The SMILES string of the molecule is CCNC(=NCc1ccc(Cl)cc1Cl)NCc1nnc(C)n1C.I. The summed E-state index contributed by atoms with van der Waals surface area (Å²) in [5.74, 6) is 2.41. The fourth-order valence-electron chi connectivity index (χ4n) is 1.92. The van der Waals surface area contributed by atoms with Gasteiger partial charge in [-0.05, 0) is 31.5 Å². The molecule has 0 spiro atoms. The lowest BCUT2D eigenvalue weighted by atomic mass is 10.2. The van der Waals surface area contributed by atoms with Crippen molar-refractivity contribution in [3.63, 3.8) is 0 Å². The first-order valence-corrected chi connectivity index (χ1v) is 8.07. The Hall–Kier alpha value is -1.06. The number of rotatable bonds is 5. The number of nitrogens with zero attached hydrogens (tertiary/aromatic N) is 4. The number of hydrogen-bond acceptors (Lipinski definition) is 3. The normalized spacial score (nSPS) is 11.1. The van der Waals surface area contributed by atoms with Crippen molar-refractivity contribution in [2.45, 2.75) is 26.9 Å². The zero-order valence-corrected chi connectivity index (χ0v) is 17.6. The van der Waals surface area contributed by atoms with Gasteiger partial charge in [0.25, 0.3) is 0 Å². The van der Waals surface area contributed by atoms with Crippen LogP contribution in [0.1, 0.15) is 24.1 Å². The Morgan fingerprint density at radius 3 is 2.58 bits per heavy atom. The molecule has 0 bridgehead atoms. The Morgan fingerprint density at radius 1 is 1.25 bits per heavy atom. The van der Waals surface area contributed by atoms with Crippen LogP contribution < -0.4 is 10.6 Å². The zero-order chi connectivity index (χ0) is 16.8. The molecule has 0 fully saturated rings. The summed E-state index contributed by atoms with van der Waals surface area (Å²) in [5, 5.41) is 15.8. The number of halogens is 3. The average Bonchev–Trinajstić information content (AvgIpc) is 2.83. The van der Waals surface area contributed by atoms with Gasteiger partial charge >= 0.3 is 0 Å². The minimum absolute atomic E-state index is 0. The molecule has 0 atom stereocenters. The highest BCUT2D eigenvalue weighted by atomic mass is 127. The minimum atomic E-state index is 0. The summed E-state index contributed by atoms with van der Waals surface area (Å²) in [7, 11) is 1.93. The first kappa shape index (κ1) is 21.0. The number of nitrogens with one attached hydrogen (secondary N) is 2. The molecule has 2 rings (SSSR count). The van der Waals surface area contributed by atoms with E-state index in [0.29, 0.717) is 29.1 Å². The molecule has 0 amide bonds. The van der Waals surface area contributed by atoms with Crippen molar-refractivity contribution in [3.05, 3.63) is 45.5 Å². The molecule has 1 aromatic carbocycles. The summed E-state index contributed by atoms with van der Waals surface area (Å²) in [6.45, 7) is 5.69. The molecular formula is C15H21Cl2IN6. The van der Waals surface area contributed by atoms with Crippen molar-refractivity contribution in [3.8, 4) is 0 Å². The van der Waals surface area contributed by atoms with Crippen molar-refractivity contribution in [1.82, 2.24) is 25.4 Å². The Balaban J connectivity index is 0.00000288. The molecule has 0 saturated heterocycles. The van der Waals surface area contributed by atoms with Gasteiger partial charge in [0.1, 0.15) is 5.82 Å². The van der Waals surface area contributed by atoms with Gasteiger partial charge in [-0.1, -0.05) is 29.3 Å². The van der Waals surface area contributed by atoms with Gasteiger partial charge < -0.3 is 15.2 Å². The molecule has 0 aliphatic heterocycles. The van der Waals surface area contributed by atoms with Crippen molar-refractivity contribution in [2.24, 2.45) is 12.0 Å². The fraction of sp³-hybridized carbons (Fsp3) is 0.400. The second-order valence-electron chi connectivity index (χ2n) is 5.01. The van der Waals surface area contributed by atoms with Crippen LogP contribution in [0, 0.1) is 6.92 Å². The van der Waals surface area contributed by atoms with Crippen molar-refractivity contribution >= 4 is 53.1 Å². The summed E-state index contributed by atoms with van der Waals surface area (Å²) in [6, 6.07) is 5.40. The van der Waals surface area contributed by atoms with Gasteiger partial charge in [-0.2, -0.15) is 0 Å². The molecule has 24 heavy (non-hydrogen) atoms. The summed E-state index contributed by atoms with van der Waals surface area (Å²) in [5.41, 5.74) is 0.919. The van der Waals surface area contributed by atoms with Crippen molar-refractivity contribution in [2.75, 3.05) is 6.54 Å². The highest BCUT2D eigenvalue weighted by Crippen LogP contribution is 2.21. The van der Waals surface area contributed by atoms with E-state index in [4.69, 9.17) is 23.2 Å². The van der Waals surface area contributed by atoms with E-state index in [-0.39, 0.29) is 24.0 Å². The Kier molecular flexibility index (Phi) is 8.79. The van der Waals surface area contributed by atoms with Crippen LogP contribution in [-0.4, -0.2) is 27.3 Å². The number of hydrogen-bond donors (Lipinski definition) is 2. The van der Waals surface area contributed by atoms with E-state index in [0.717, 1.165) is 23.8 Å². The largest absolute Gasteiger partial charge is 0.357 e. The lowest BCUT2D eigenvalue weighted by Crippen LogP contribution is -2.37. The zero-order valence-electron chi connectivity index (χ0n) is 13.8. The maximum Gasteiger partial charge on any atom is 0.191 e. The molecule has 1 aromatic heterocycles. The molecule has 2 N–H and O–H groups in total. The highest BCUT2D eigenvalue weighted by Gasteiger charge is 2.06. The Bertz CT molecular complexity index is 701. The molecule has 132 valence electrons. The molecule has 0 aliphatic carbocycles. The van der Waals surface area contributed by atoms with Crippen LogP contribution in [0.4, 0.5) is 0 Å². The topological polar surface area (TPSA) is 67.1 Å². The van der Waals surface area contributed by atoms with Gasteiger partial charge in [-0.15, -0.1) is 34.2 Å². The number of benzene rings is 1. The first-order chi connectivity index (χ1) is 11.0. The third-order valence-electron chi connectivity index (χ3n) is 3.36. The molecule has 0 saturated carbocycles. The number of aryl methyl sites for hydroxylation is 1. The lowest BCUT2D eigenvalue weighted by molar-refractivity contribution is 0.718. The van der Waals surface area contributed by atoms with Gasteiger partial charge in [-0.25, -0.2) is 4.99 Å². The van der Waals surface area contributed by atoms with E-state index in [1.165, 1.54) is 0 Å². The number of aliphatic imine (C=N–C) groups is 1. The van der Waals surface area contributed by atoms with Gasteiger partial charge in [0.15, 0.2) is 11.8 Å². The molecule has 6 nitrogen and oxygen atoms in total. The summed E-state index contributed by atoms with van der Waals surface area (Å²) in [4.78, 5) is 4.54. The predicted molar refractivity (Wildman–Crippen MR) is 109 cm³/mol. The molecule has 1 heterocycles. The van der Waals surface area contributed by atoms with E-state index in [9.17, 15) is 0 Å². The minimum Gasteiger partial charge on any atom is -0.357 e. The monoisotopic (exact) mass is 482 g/mol. The smallest absolute Gasteiger partial charge is 0.191 e. The first-order valence-electron chi connectivity index (χ1n) is 7.32. The summed E-state index contributed by atoms with van der Waals surface area (Å²) >= 11 is 12.1. The molecule has 0 aliphatic rings. The van der Waals surface area contributed by atoms with Crippen molar-refractivity contribution < 1.29 is 0 Å². The average molecular weight is 483 g/mol. The maximum atomic E-state index is 6.17. The molecular weight excluding hydrogens is 462 g/mol. The number of guanidine groups is 1. The van der Waals surface area contributed by atoms with Crippen LogP contribution in [0.15, 0.2) is 23.2 Å².